The van der Waals surface area contributed by atoms with Gasteiger partial charge in [-0.1, -0.05) is 36.1 Å². The molecular formula is C17H18N2O4S3. The van der Waals surface area contributed by atoms with Gasteiger partial charge >= 0.3 is 5.97 Å². The second-order valence-corrected chi connectivity index (χ2v) is 8.15. The van der Waals surface area contributed by atoms with Gasteiger partial charge in [-0.3, -0.25) is 14.5 Å². The molecule has 2 N–H and O–H groups in total. The van der Waals surface area contributed by atoms with E-state index in [1.165, 1.54) is 23.6 Å². The summed E-state index contributed by atoms with van der Waals surface area (Å²) in [6.45, 7) is 1.43. The zero-order valence-corrected chi connectivity index (χ0v) is 16.7. The van der Waals surface area contributed by atoms with Crippen molar-refractivity contribution in [2.75, 3.05) is 17.3 Å². The van der Waals surface area contributed by atoms with E-state index in [9.17, 15) is 19.5 Å². The number of benzene rings is 1. The molecule has 6 nitrogen and oxygen atoms in total. The van der Waals surface area contributed by atoms with Crippen molar-refractivity contribution in [2.45, 2.75) is 19.4 Å². The van der Waals surface area contributed by atoms with E-state index in [-0.39, 0.29) is 16.1 Å². The van der Waals surface area contributed by atoms with Gasteiger partial charge in [0, 0.05) is 12.6 Å². The van der Waals surface area contributed by atoms with E-state index < -0.39 is 12.0 Å². The van der Waals surface area contributed by atoms with Gasteiger partial charge in [-0.15, -0.1) is 0 Å². The van der Waals surface area contributed by atoms with Gasteiger partial charge < -0.3 is 10.4 Å². The molecule has 1 aliphatic rings. The normalized spacial score (nSPS) is 16.8. The fourth-order valence-corrected chi connectivity index (χ4v) is 4.17. The van der Waals surface area contributed by atoms with Gasteiger partial charge in [0.2, 0.25) is 5.91 Å². The Morgan fingerprint density at radius 1 is 1.38 bits per heavy atom. The first-order valence-electron chi connectivity index (χ1n) is 7.70. The number of rotatable bonds is 7. The average Bonchev–Trinajstić information content (AvgIpc) is 2.84. The summed E-state index contributed by atoms with van der Waals surface area (Å²) in [6.07, 6.45) is 3.89. The lowest BCUT2D eigenvalue weighted by Crippen LogP contribution is -2.44. The third-order valence-electron chi connectivity index (χ3n) is 3.54. The first kappa shape index (κ1) is 20.5. The van der Waals surface area contributed by atoms with Crippen LogP contribution in [0.25, 0.3) is 6.08 Å². The smallest absolute Gasteiger partial charge is 0.326 e. The molecule has 2 amide bonds. The van der Waals surface area contributed by atoms with Crippen LogP contribution in [0.5, 0.6) is 0 Å². The number of carbonyl (C=O) groups excluding carboxylic acids is 2. The minimum absolute atomic E-state index is 0.163. The summed E-state index contributed by atoms with van der Waals surface area (Å²) in [5.41, 5.74) is 1.42. The van der Waals surface area contributed by atoms with Crippen molar-refractivity contribution in [3.05, 3.63) is 34.7 Å². The Morgan fingerprint density at radius 2 is 2.04 bits per heavy atom. The highest BCUT2D eigenvalue weighted by molar-refractivity contribution is 8.26. The SMILES string of the molecule is CSCC[C@@H](C(=O)O)N1C(=O)/C(=C\c2ccc(NC(C)=O)cc2)SC1=S. The predicted molar refractivity (Wildman–Crippen MR) is 110 cm³/mol. The first-order valence-corrected chi connectivity index (χ1v) is 10.3. The van der Waals surface area contributed by atoms with Crippen molar-refractivity contribution in [1.82, 2.24) is 4.90 Å². The van der Waals surface area contributed by atoms with E-state index in [4.69, 9.17) is 12.2 Å². The molecular weight excluding hydrogens is 392 g/mol. The molecule has 9 heteroatoms. The van der Waals surface area contributed by atoms with Gasteiger partial charge in [0.25, 0.3) is 5.91 Å². The molecule has 1 aromatic rings. The van der Waals surface area contributed by atoms with Crippen LogP contribution < -0.4 is 5.32 Å². The van der Waals surface area contributed by atoms with Crippen LogP contribution >= 0.6 is 35.7 Å². The van der Waals surface area contributed by atoms with Gasteiger partial charge in [0.05, 0.1) is 4.91 Å². The van der Waals surface area contributed by atoms with Crippen molar-refractivity contribution in [3.8, 4) is 0 Å². The van der Waals surface area contributed by atoms with Crippen LogP contribution in [0.4, 0.5) is 5.69 Å². The van der Waals surface area contributed by atoms with Crippen LogP contribution in [0, 0.1) is 0 Å². The summed E-state index contributed by atoms with van der Waals surface area (Å²) >= 11 is 7.86. The Kier molecular flexibility index (Phi) is 7.24. The van der Waals surface area contributed by atoms with Crippen LogP contribution in [0.2, 0.25) is 0 Å². The fraction of sp³-hybridized carbons (Fsp3) is 0.294. The second kappa shape index (κ2) is 9.20. The maximum absolute atomic E-state index is 12.7. The number of carboxylic acid groups (broad SMARTS) is 1. The molecule has 1 saturated heterocycles. The third-order valence-corrected chi connectivity index (χ3v) is 5.52. The first-order chi connectivity index (χ1) is 12.3. The van der Waals surface area contributed by atoms with E-state index in [0.717, 1.165) is 17.3 Å². The van der Waals surface area contributed by atoms with E-state index in [1.807, 2.05) is 6.26 Å². The summed E-state index contributed by atoms with van der Waals surface area (Å²) < 4.78 is 0.254. The van der Waals surface area contributed by atoms with Crippen molar-refractivity contribution < 1.29 is 19.5 Å². The Balaban J connectivity index is 2.20. The molecule has 0 unspecified atom stereocenters. The number of nitrogens with one attached hydrogen (secondary N) is 1. The molecule has 26 heavy (non-hydrogen) atoms. The highest BCUT2D eigenvalue weighted by atomic mass is 32.2. The molecule has 0 spiro atoms. The van der Waals surface area contributed by atoms with Gasteiger partial charge in [-0.05, 0) is 42.2 Å². The molecule has 0 radical (unpaired) electrons. The Bertz CT molecular complexity index is 762. The average molecular weight is 411 g/mol. The quantitative estimate of drug-likeness (QED) is 0.528. The molecule has 0 aliphatic carbocycles. The predicted octanol–water partition coefficient (Wildman–Crippen LogP) is 3.05. The Morgan fingerprint density at radius 3 is 2.58 bits per heavy atom. The van der Waals surface area contributed by atoms with E-state index in [0.29, 0.717) is 22.8 Å². The maximum atomic E-state index is 12.7. The number of amides is 2. The fourth-order valence-electron chi connectivity index (χ4n) is 2.36. The van der Waals surface area contributed by atoms with Crippen LogP contribution in [0.15, 0.2) is 29.2 Å². The number of aliphatic carboxylic acids is 1. The molecule has 1 atom stereocenters. The lowest BCUT2D eigenvalue weighted by Gasteiger charge is -2.22. The largest absolute Gasteiger partial charge is 0.480 e. The topological polar surface area (TPSA) is 86.7 Å². The van der Waals surface area contributed by atoms with Crippen LogP contribution in [0.3, 0.4) is 0 Å². The highest BCUT2D eigenvalue weighted by Gasteiger charge is 2.40. The summed E-state index contributed by atoms with van der Waals surface area (Å²) in [7, 11) is 0. The van der Waals surface area contributed by atoms with Gasteiger partial charge in [-0.2, -0.15) is 11.8 Å². The lowest BCUT2D eigenvalue weighted by atomic mass is 10.1. The van der Waals surface area contributed by atoms with Gasteiger partial charge in [-0.25, -0.2) is 4.79 Å². The van der Waals surface area contributed by atoms with Crippen molar-refractivity contribution in [1.29, 1.82) is 0 Å². The summed E-state index contributed by atoms with van der Waals surface area (Å²) in [5.74, 6) is -0.989. The molecule has 2 rings (SSSR count). The van der Waals surface area contributed by atoms with E-state index in [2.05, 4.69) is 5.32 Å². The number of carbonyl (C=O) groups is 3. The van der Waals surface area contributed by atoms with Crippen molar-refractivity contribution in [3.63, 3.8) is 0 Å². The summed E-state index contributed by atoms with van der Waals surface area (Å²) in [4.78, 5) is 36.8. The number of nitrogens with zero attached hydrogens (tertiary/aromatic N) is 1. The second-order valence-electron chi connectivity index (χ2n) is 5.49. The maximum Gasteiger partial charge on any atom is 0.326 e. The molecule has 0 aromatic heterocycles. The lowest BCUT2D eigenvalue weighted by molar-refractivity contribution is -0.145. The molecule has 1 fully saturated rings. The number of anilines is 1. The van der Waals surface area contributed by atoms with Gasteiger partial charge in [0.15, 0.2) is 0 Å². The third kappa shape index (κ3) is 5.09. The number of hydrogen-bond donors (Lipinski definition) is 2. The Hall–Kier alpha value is -1.84. The summed E-state index contributed by atoms with van der Waals surface area (Å²) in [6, 6.07) is 6.03. The molecule has 0 saturated carbocycles. The molecule has 0 bridgehead atoms. The van der Waals surface area contributed by atoms with Crippen LogP contribution in [-0.4, -0.2) is 50.2 Å². The van der Waals surface area contributed by atoms with Crippen LogP contribution in [0.1, 0.15) is 18.9 Å². The van der Waals surface area contributed by atoms with Gasteiger partial charge in [0.1, 0.15) is 10.4 Å². The van der Waals surface area contributed by atoms with Crippen molar-refractivity contribution >= 4 is 69.6 Å². The minimum Gasteiger partial charge on any atom is -0.480 e. The minimum atomic E-state index is -1.06. The zero-order chi connectivity index (χ0) is 19.3. The number of thioether (sulfide) groups is 2. The van der Waals surface area contributed by atoms with Crippen LogP contribution in [-0.2, 0) is 14.4 Å². The molecule has 138 valence electrons. The Labute approximate surface area is 165 Å². The van der Waals surface area contributed by atoms with E-state index >= 15 is 0 Å². The number of hydrogen-bond acceptors (Lipinski definition) is 6. The monoisotopic (exact) mass is 410 g/mol. The highest BCUT2D eigenvalue weighted by Crippen LogP contribution is 2.35. The van der Waals surface area contributed by atoms with E-state index in [1.54, 1.807) is 30.3 Å². The number of carboxylic acids is 1. The van der Waals surface area contributed by atoms with Crippen molar-refractivity contribution in [2.24, 2.45) is 0 Å². The summed E-state index contributed by atoms with van der Waals surface area (Å²) in [5, 5.41) is 12.1. The standard InChI is InChI=1S/C17H18N2O4S3/c1-10(20)18-12-5-3-11(4-6-12)9-14-15(21)19(17(24)26-14)13(16(22)23)7-8-25-2/h3-6,9,13H,7-8H2,1-2H3,(H,18,20)(H,22,23)/b14-9+/t13-/m0/s1. The zero-order valence-electron chi connectivity index (χ0n) is 14.2. The number of thiocarbonyl (C=S) groups is 1. The molecule has 1 heterocycles. The molecule has 1 aliphatic heterocycles. The molecule has 1 aromatic carbocycles.